The van der Waals surface area contributed by atoms with Crippen molar-refractivity contribution >= 4 is 5.71 Å². The number of phenols is 1. The average molecular weight is 289 g/mol. The van der Waals surface area contributed by atoms with Crippen LogP contribution in [0.3, 0.4) is 0 Å². The second-order valence-corrected chi connectivity index (χ2v) is 6.17. The molecule has 0 amide bonds. The molecule has 3 rings (SSSR count). The van der Waals surface area contributed by atoms with Crippen LogP contribution in [0.25, 0.3) is 0 Å². The van der Waals surface area contributed by atoms with Gasteiger partial charge in [0.2, 0.25) is 0 Å². The van der Waals surface area contributed by atoms with Gasteiger partial charge in [0, 0.05) is 17.5 Å². The summed E-state index contributed by atoms with van der Waals surface area (Å²) in [5, 5.41) is 14.7. The van der Waals surface area contributed by atoms with Gasteiger partial charge in [-0.3, -0.25) is 0 Å². The molecule has 1 N–H and O–H groups in total. The smallest absolute Gasteiger partial charge is 0.133 e. The average Bonchev–Trinajstić information content (AvgIpc) is 2.44. The lowest BCUT2D eigenvalue weighted by atomic mass is 9.72. The summed E-state index contributed by atoms with van der Waals surface area (Å²) in [6.45, 7) is 6.00. The molecule has 0 aromatic heterocycles. The second kappa shape index (κ2) is 4.93. The van der Waals surface area contributed by atoms with Crippen LogP contribution in [0.1, 0.15) is 54.9 Å². The monoisotopic (exact) mass is 289 g/mol. The van der Waals surface area contributed by atoms with Crippen LogP contribution in [-0.4, -0.2) is 23.5 Å². The van der Waals surface area contributed by atoms with Crippen LogP contribution in [0.5, 0.6) is 11.5 Å². The van der Waals surface area contributed by atoms with Gasteiger partial charge in [-0.15, -0.1) is 0 Å². The third-order valence-corrected chi connectivity index (χ3v) is 4.99. The van der Waals surface area contributed by atoms with Gasteiger partial charge in [0.25, 0.3) is 0 Å². The maximum absolute atomic E-state index is 10.5. The van der Waals surface area contributed by atoms with E-state index >= 15 is 0 Å². The van der Waals surface area contributed by atoms with Crippen LogP contribution < -0.4 is 4.74 Å². The number of nitrogens with zero attached hydrogens (tertiary/aromatic N) is 1. The van der Waals surface area contributed by atoms with Gasteiger partial charge in [0.05, 0.1) is 5.71 Å². The lowest BCUT2D eigenvalue weighted by molar-refractivity contribution is -0.00654. The predicted octanol–water partition coefficient (Wildman–Crippen LogP) is 3.63. The molecule has 1 aliphatic carbocycles. The molecule has 1 aliphatic heterocycles. The fourth-order valence-electron chi connectivity index (χ4n) is 3.48. The normalized spacial score (nSPS) is 20.9. The maximum atomic E-state index is 10.5. The van der Waals surface area contributed by atoms with E-state index in [0.717, 1.165) is 59.4 Å². The van der Waals surface area contributed by atoms with E-state index < -0.39 is 0 Å². The summed E-state index contributed by atoms with van der Waals surface area (Å²) in [6, 6.07) is 0. The first-order valence-electron chi connectivity index (χ1n) is 7.67. The highest BCUT2D eigenvalue weighted by atomic mass is 16.6. The van der Waals surface area contributed by atoms with Crippen molar-refractivity contribution in [2.24, 2.45) is 5.16 Å². The van der Waals surface area contributed by atoms with E-state index in [2.05, 4.69) is 5.16 Å². The molecule has 1 aromatic carbocycles. The molecule has 1 saturated carbocycles. The molecular formula is C17H23NO3. The zero-order valence-corrected chi connectivity index (χ0v) is 13.2. The van der Waals surface area contributed by atoms with E-state index in [0.29, 0.717) is 5.75 Å². The van der Waals surface area contributed by atoms with Crippen molar-refractivity contribution in [3.63, 3.8) is 0 Å². The summed E-state index contributed by atoms with van der Waals surface area (Å²) >= 11 is 0. The second-order valence-electron chi connectivity index (χ2n) is 6.17. The molecule has 4 nitrogen and oxygen atoms in total. The Balaban J connectivity index is 2.26. The Morgan fingerprint density at radius 3 is 2.52 bits per heavy atom. The van der Waals surface area contributed by atoms with E-state index in [1.165, 1.54) is 6.42 Å². The summed E-state index contributed by atoms with van der Waals surface area (Å²) in [5.74, 6) is 1.26. The molecule has 1 spiro atoms. The Morgan fingerprint density at radius 2 is 2.00 bits per heavy atom. The largest absolute Gasteiger partial charge is 0.507 e. The van der Waals surface area contributed by atoms with Crippen LogP contribution >= 0.6 is 0 Å². The number of hydrogen-bond donors (Lipinski definition) is 1. The molecule has 4 heteroatoms. The number of hydrogen-bond acceptors (Lipinski definition) is 4. The number of oxime groups is 1. The topological polar surface area (TPSA) is 51.1 Å². The molecule has 0 unspecified atom stereocenters. The summed E-state index contributed by atoms with van der Waals surface area (Å²) in [7, 11) is 1.57. The highest BCUT2D eigenvalue weighted by molar-refractivity contribution is 6.06. The molecule has 0 radical (unpaired) electrons. The minimum Gasteiger partial charge on any atom is -0.507 e. The van der Waals surface area contributed by atoms with E-state index in [4.69, 9.17) is 9.57 Å². The number of ether oxygens (including phenoxy) is 1. The Bertz CT molecular complexity index is 615. The van der Waals surface area contributed by atoms with E-state index in [1.54, 1.807) is 7.11 Å². The van der Waals surface area contributed by atoms with Crippen LogP contribution in [0.2, 0.25) is 0 Å². The van der Waals surface area contributed by atoms with Gasteiger partial charge in [0.15, 0.2) is 0 Å². The molecule has 1 fully saturated rings. The quantitative estimate of drug-likeness (QED) is 0.846. The van der Waals surface area contributed by atoms with Crippen molar-refractivity contribution in [3.8, 4) is 11.5 Å². The van der Waals surface area contributed by atoms with E-state index in [-0.39, 0.29) is 5.60 Å². The maximum Gasteiger partial charge on any atom is 0.133 e. The van der Waals surface area contributed by atoms with Crippen LogP contribution in [0, 0.1) is 13.8 Å². The van der Waals surface area contributed by atoms with Crippen molar-refractivity contribution in [1.29, 1.82) is 0 Å². The summed E-state index contributed by atoms with van der Waals surface area (Å²) in [6.07, 6.45) is 4.84. The van der Waals surface area contributed by atoms with Crippen molar-refractivity contribution in [2.75, 3.05) is 7.11 Å². The molecule has 0 bridgehead atoms. The molecule has 0 atom stereocenters. The van der Waals surface area contributed by atoms with Gasteiger partial charge in [-0.1, -0.05) is 12.1 Å². The van der Waals surface area contributed by atoms with Gasteiger partial charge in [-0.25, -0.2) is 0 Å². The minimum atomic E-state index is -0.108. The standard InChI is InChI=1S/C17H23NO3/c1-5-12-14-13(18-20-4)9-17(7-6-8-17)21-16(14)11(3)10(2)15(12)19/h19H,5-9H2,1-4H3. The number of aromatic hydroxyl groups is 1. The van der Waals surface area contributed by atoms with Crippen molar-refractivity contribution < 1.29 is 14.7 Å². The summed E-state index contributed by atoms with van der Waals surface area (Å²) < 4.78 is 6.39. The summed E-state index contributed by atoms with van der Waals surface area (Å²) in [5.41, 5.74) is 4.57. The van der Waals surface area contributed by atoms with Crippen molar-refractivity contribution in [1.82, 2.24) is 0 Å². The van der Waals surface area contributed by atoms with E-state index in [1.807, 2.05) is 20.8 Å². The number of benzene rings is 1. The molecular weight excluding hydrogens is 266 g/mol. The van der Waals surface area contributed by atoms with Crippen LogP contribution in [-0.2, 0) is 11.3 Å². The van der Waals surface area contributed by atoms with Gasteiger partial charge < -0.3 is 14.7 Å². The highest BCUT2D eigenvalue weighted by Crippen LogP contribution is 2.49. The zero-order chi connectivity index (χ0) is 15.2. The molecule has 21 heavy (non-hydrogen) atoms. The van der Waals surface area contributed by atoms with Gasteiger partial charge in [0.1, 0.15) is 24.2 Å². The Morgan fingerprint density at radius 1 is 1.29 bits per heavy atom. The van der Waals surface area contributed by atoms with Gasteiger partial charge in [-0.05, 0) is 50.7 Å². The third-order valence-electron chi connectivity index (χ3n) is 4.99. The molecule has 2 aliphatic rings. The molecule has 114 valence electrons. The molecule has 0 saturated heterocycles. The zero-order valence-electron chi connectivity index (χ0n) is 13.2. The Hall–Kier alpha value is -1.71. The molecule has 1 aromatic rings. The lowest BCUT2D eigenvalue weighted by Crippen LogP contribution is -2.48. The number of fused-ring (bicyclic) bond motifs is 1. The first-order valence-corrected chi connectivity index (χ1v) is 7.67. The van der Waals surface area contributed by atoms with Crippen molar-refractivity contribution in [3.05, 3.63) is 22.3 Å². The third kappa shape index (κ3) is 2.00. The first-order chi connectivity index (χ1) is 10.0. The van der Waals surface area contributed by atoms with Gasteiger partial charge >= 0.3 is 0 Å². The molecule has 1 heterocycles. The van der Waals surface area contributed by atoms with Crippen LogP contribution in [0.15, 0.2) is 5.16 Å². The lowest BCUT2D eigenvalue weighted by Gasteiger charge is -2.46. The Labute approximate surface area is 125 Å². The highest BCUT2D eigenvalue weighted by Gasteiger charge is 2.46. The minimum absolute atomic E-state index is 0.108. The van der Waals surface area contributed by atoms with Gasteiger partial charge in [-0.2, -0.15) is 0 Å². The van der Waals surface area contributed by atoms with E-state index in [9.17, 15) is 5.11 Å². The first kappa shape index (κ1) is 14.2. The predicted molar refractivity (Wildman–Crippen MR) is 82.3 cm³/mol. The SMILES string of the molecule is CCc1c(O)c(C)c(C)c2c1C(=NOC)CC1(CCC1)O2. The van der Waals surface area contributed by atoms with Crippen LogP contribution in [0.4, 0.5) is 0 Å². The number of phenolic OH excluding ortho intramolecular Hbond substituents is 1. The fourth-order valence-corrected chi connectivity index (χ4v) is 3.48. The van der Waals surface area contributed by atoms with Crippen molar-refractivity contribution in [2.45, 2.75) is 58.5 Å². The fraction of sp³-hybridized carbons (Fsp3) is 0.588. The summed E-state index contributed by atoms with van der Waals surface area (Å²) in [4.78, 5) is 5.06. The Kier molecular flexibility index (Phi) is 3.34. The number of rotatable bonds is 2.